The van der Waals surface area contributed by atoms with Crippen LogP contribution < -0.4 is 0 Å². The second-order valence-electron chi connectivity index (χ2n) is 5.07. The van der Waals surface area contributed by atoms with Gasteiger partial charge in [-0.2, -0.15) is 0 Å². The molecule has 0 fully saturated rings. The van der Waals surface area contributed by atoms with Crippen molar-refractivity contribution in [2.45, 2.75) is 13.8 Å². The van der Waals surface area contributed by atoms with Crippen molar-refractivity contribution in [2.75, 3.05) is 0 Å². The summed E-state index contributed by atoms with van der Waals surface area (Å²) in [6.07, 6.45) is 1.96. The van der Waals surface area contributed by atoms with Crippen LogP contribution in [0.2, 0.25) is 0 Å². The lowest BCUT2D eigenvalue weighted by Crippen LogP contribution is -1.91. The van der Waals surface area contributed by atoms with Gasteiger partial charge in [-0.25, -0.2) is 0 Å². The van der Waals surface area contributed by atoms with Crippen LogP contribution in [-0.2, 0) is 0 Å². The summed E-state index contributed by atoms with van der Waals surface area (Å²) in [6.45, 7) is 4.26. The number of aromatic nitrogens is 1. The zero-order chi connectivity index (χ0) is 13.9. The number of hydrogen-bond acceptors (Lipinski definition) is 1. The molecule has 0 spiro atoms. The quantitative estimate of drug-likeness (QED) is 0.628. The molecule has 1 aromatic heterocycles. The van der Waals surface area contributed by atoms with Crippen molar-refractivity contribution in [3.63, 3.8) is 0 Å². The maximum absolute atomic E-state index is 4.56. The number of rotatable bonds is 2. The summed E-state index contributed by atoms with van der Waals surface area (Å²) < 4.78 is 0. The van der Waals surface area contributed by atoms with E-state index in [1.165, 1.54) is 22.3 Å². The van der Waals surface area contributed by atoms with E-state index in [1.807, 2.05) is 24.4 Å². The molecule has 0 unspecified atom stereocenters. The van der Waals surface area contributed by atoms with Crippen LogP contribution in [-0.4, -0.2) is 4.98 Å². The van der Waals surface area contributed by atoms with Crippen LogP contribution in [0.4, 0.5) is 0 Å². The summed E-state index contributed by atoms with van der Waals surface area (Å²) in [5.41, 5.74) is 7.22. The Morgan fingerprint density at radius 1 is 0.700 bits per heavy atom. The zero-order valence-corrected chi connectivity index (χ0v) is 11.8. The third kappa shape index (κ3) is 2.35. The molecular formula is C19H17N. The molecule has 20 heavy (non-hydrogen) atoms. The van der Waals surface area contributed by atoms with Crippen LogP contribution in [0.1, 0.15) is 11.1 Å². The van der Waals surface area contributed by atoms with Gasteiger partial charge in [0.1, 0.15) is 0 Å². The highest BCUT2D eigenvalue weighted by Gasteiger charge is 2.07. The Balaban J connectivity index is 2.15. The van der Waals surface area contributed by atoms with E-state index < -0.39 is 0 Å². The highest BCUT2D eigenvalue weighted by atomic mass is 14.7. The lowest BCUT2D eigenvalue weighted by molar-refractivity contribution is 1.26. The van der Waals surface area contributed by atoms with E-state index in [-0.39, 0.29) is 0 Å². The van der Waals surface area contributed by atoms with Gasteiger partial charge in [-0.15, -0.1) is 0 Å². The van der Waals surface area contributed by atoms with Crippen molar-refractivity contribution in [3.8, 4) is 22.4 Å². The van der Waals surface area contributed by atoms with E-state index in [1.54, 1.807) is 0 Å². The van der Waals surface area contributed by atoms with E-state index in [0.29, 0.717) is 0 Å². The molecule has 0 aliphatic rings. The average molecular weight is 259 g/mol. The van der Waals surface area contributed by atoms with Crippen molar-refractivity contribution in [1.82, 2.24) is 4.98 Å². The minimum Gasteiger partial charge on any atom is -0.256 e. The van der Waals surface area contributed by atoms with Crippen molar-refractivity contribution < 1.29 is 0 Å². The SMILES string of the molecule is Cc1ccccc1-c1cc(-c2ccccc2)ncc1C. The summed E-state index contributed by atoms with van der Waals surface area (Å²) >= 11 is 0. The molecule has 0 aliphatic carbocycles. The number of aryl methyl sites for hydroxylation is 2. The maximum Gasteiger partial charge on any atom is 0.0708 e. The third-order valence-corrected chi connectivity index (χ3v) is 3.61. The Morgan fingerprint density at radius 2 is 1.40 bits per heavy atom. The first-order valence-corrected chi connectivity index (χ1v) is 6.84. The number of pyridine rings is 1. The smallest absolute Gasteiger partial charge is 0.0708 e. The van der Waals surface area contributed by atoms with E-state index >= 15 is 0 Å². The van der Waals surface area contributed by atoms with Gasteiger partial charge in [-0.05, 0) is 42.2 Å². The van der Waals surface area contributed by atoms with Crippen LogP contribution in [0.25, 0.3) is 22.4 Å². The molecule has 0 saturated carbocycles. The van der Waals surface area contributed by atoms with Gasteiger partial charge in [-0.3, -0.25) is 4.98 Å². The van der Waals surface area contributed by atoms with Crippen molar-refractivity contribution in [2.24, 2.45) is 0 Å². The third-order valence-electron chi connectivity index (χ3n) is 3.61. The molecule has 0 radical (unpaired) electrons. The highest BCUT2D eigenvalue weighted by molar-refractivity contribution is 5.74. The summed E-state index contributed by atoms with van der Waals surface area (Å²) in [5.74, 6) is 0. The molecule has 98 valence electrons. The second kappa shape index (κ2) is 5.30. The number of hydrogen-bond donors (Lipinski definition) is 0. The fourth-order valence-electron chi connectivity index (χ4n) is 2.46. The molecule has 3 rings (SSSR count). The van der Waals surface area contributed by atoms with Crippen LogP contribution in [0.3, 0.4) is 0 Å². The molecule has 1 nitrogen and oxygen atoms in total. The Morgan fingerprint density at radius 3 is 2.15 bits per heavy atom. The first-order chi connectivity index (χ1) is 9.75. The Kier molecular flexibility index (Phi) is 3.34. The molecule has 0 N–H and O–H groups in total. The van der Waals surface area contributed by atoms with Gasteiger partial charge < -0.3 is 0 Å². The van der Waals surface area contributed by atoms with Gasteiger partial charge in [0.05, 0.1) is 5.69 Å². The fraction of sp³-hybridized carbons (Fsp3) is 0.105. The lowest BCUT2D eigenvalue weighted by Gasteiger charge is -2.11. The van der Waals surface area contributed by atoms with Crippen LogP contribution in [0, 0.1) is 13.8 Å². The fourth-order valence-corrected chi connectivity index (χ4v) is 2.46. The first kappa shape index (κ1) is 12.6. The molecule has 1 heteroatoms. The second-order valence-corrected chi connectivity index (χ2v) is 5.07. The van der Waals surface area contributed by atoms with Crippen LogP contribution >= 0.6 is 0 Å². The Labute approximate surface area is 119 Å². The van der Waals surface area contributed by atoms with Crippen LogP contribution in [0.15, 0.2) is 66.9 Å². The molecule has 2 aromatic carbocycles. The van der Waals surface area contributed by atoms with Crippen molar-refractivity contribution >= 4 is 0 Å². The van der Waals surface area contributed by atoms with Gasteiger partial charge in [0.2, 0.25) is 0 Å². The molecular weight excluding hydrogens is 242 g/mol. The van der Waals surface area contributed by atoms with E-state index in [9.17, 15) is 0 Å². The standard InChI is InChI=1S/C19H17N/c1-14-8-6-7-11-17(14)18-12-19(20-13-15(18)2)16-9-4-3-5-10-16/h3-13H,1-2H3. The number of benzene rings is 2. The lowest BCUT2D eigenvalue weighted by atomic mass is 9.96. The first-order valence-electron chi connectivity index (χ1n) is 6.84. The predicted molar refractivity (Wildman–Crippen MR) is 84.6 cm³/mol. The normalized spacial score (nSPS) is 10.5. The van der Waals surface area contributed by atoms with Gasteiger partial charge in [0, 0.05) is 11.8 Å². The molecule has 0 amide bonds. The van der Waals surface area contributed by atoms with Gasteiger partial charge in [0.15, 0.2) is 0 Å². The average Bonchev–Trinajstić information content (AvgIpc) is 2.49. The zero-order valence-electron chi connectivity index (χ0n) is 11.8. The molecule has 0 atom stereocenters. The van der Waals surface area contributed by atoms with E-state index in [4.69, 9.17) is 0 Å². The van der Waals surface area contributed by atoms with Gasteiger partial charge in [0.25, 0.3) is 0 Å². The topological polar surface area (TPSA) is 12.9 Å². The molecule has 1 heterocycles. The minimum absolute atomic E-state index is 1.02. The Hall–Kier alpha value is -2.41. The molecule has 0 saturated heterocycles. The van der Waals surface area contributed by atoms with E-state index in [2.05, 4.69) is 61.3 Å². The molecule has 0 bridgehead atoms. The van der Waals surface area contributed by atoms with E-state index in [0.717, 1.165) is 11.3 Å². The summed E-state index contributed by atoms with van der Waals surface area (Å²) in [6, 6.07) is 21.0. The maximum atomic E-state index is 4.56. The largest absolute Gasteiger partial charge is 0.256 e. The minimum atomic E-state index is 1.02. The number of nitrogens with zero attached hydrogens (tertiary/aromatic N) is 1. The predicted octanol–water partition coefficient (Wildman–Crippen LogP) is 5.03. The summed E-state index contributed by atoms with van der Waals surface area (Å²) in [4.78, 5) is 4.56. The highest BCUT2D eigenvalue weighted by Crippen LogP contribution is 2.29. The summed E-state index contributed by atoms with van der Waals surface area (Å²) in [7, 11) is 0. The summed E-state index contributed by atoms with van der Waals surface area (Å²) in [5, 5.41) is 0. The molecule has 0 aliphatic heterocycles. The monoisotopic (exact) mass is 259 g/mol. The van der Waals surface area contributed by atoms with Crippen LogP contribution in [0.5, 0.6) is 0 Å². The Bertz CT molecular complexity index is 730. The van der Waals surface area contributed by atoms with Crippen molar-refractivity contribution in [1.29, 1.82) is 0 Å². The van der Waals surface area contributed by atoms with Crippen molar-refractivity contribution in [3.05, 3.63) is 78.0 Å². The van der Waals surface area contributed by atoms with Gasteiger partial charge >= 0.3 is 0 Å². The molecule has 3 aromatic rings. The van der Waals surface area contributed by atoms with Gasteiger partial charge in [-0.1, -0.05) is 54.6 Å².